The SMILES string of the molecule is N#Cc1ccc(-c2ccc(N)cc2N)cc1. The molecule has 0 atom stereocenters. The fourth-order valence-corrected chi connectivity index (χ4v) is 1.57. The summed E-state index contributed by atoms with van der Waals surface area (Å²) in [6.07, 6.45) is 0. The summed E-state index contributed by atoms with van der Waals surface area (Å²) in [5, 5.41) is 8.70. The Balaban J connectivity index is 2.47. The van der Waals surface area contributed by atoms with Crippen molar-refractivity contribution in [2.24, 2.45) is 0 Å². The van der Waals surface area contributed by atoms with Crippen molar-refractivity contribution in [3.05, 3.63) is 48.0 Å². The van der Waals surface area contributed by atoms with Crippen LogP contribution in [0.3, 0.4) is 0 Å². The highest BCUT2D eigenvalue weighted by Crippen LogP contribution is 2.27. The molecule has 0 fully saturated rings. The summed E-state index contributed by atoms with van der Waals surface area (Å²) in [7, 11) is 0. The van der Waals surface area contributed by atoms with Crippen molar-refractivity contribution < 1.29 is 0 Å². The van der Waals surface area contributed by atoms with Gasteiger partial charge in [-0.05, 0) is 29.8 Å². The van der Waals surface area contributed by atoms with E-state index in [1.165, 1.54) is 0 Å². The van der Waals surface area contributed by atoms with E-state index in [1.54, 1.807) is 18.2 Å². The topological polar surface area (TPSA) is 75.8 Å². The van der Waals surface area contributed by atoms with Gasteiger partial charge in [-0.2, -0.15) is 5.26 Å². The van der Waals surface area contributed by atoms with Gasteiger partial charge in [-0.25, -0.2) is 0 Å². The summed E-state index contributed by atoms with van der Waals surface area (Å²) in [5.74, 6) is 0. The lowest BCUT2D eigenvalue weighted by molar-refractivity contribution is 1.48. The number of nitriles is 1. The molecule has 0 bridgehead atoms. The maximum atomic E-state index is 8.70. The first-order valence-electron chi connectivity index (χ1n) is 4.86. The minimum Gasteiger partial charge on any atom is -0.399 e. The third kappa shape index (κ3) is 1.82. The van der Waals surface area contributed by atoms with Crippen molar-refractivity contribution in [1.82, 2.24) is 0 Å². The zero-order valence-corrected chi connectivity index (χ0v) is 8.64. The van der Waals surface area contributed by atoms with Crippen molar-refractivity contribution in [3.8, 4) is 17.2 Å². The standard InChI is InChI=1S/C13H11N3/c14-8-9-1-3-10(4-2-9)12-6-5-11(15)7-13(12)16/h1-7H,15-16H2. The lowest BCUT2D eigenvalue weighted by Gasteiger charge is -2.06. The van der Waals surface area contributed by atoms with Gasteiger partial charge >= 0.3 is 0 Å². The highest BCUT2D eigenvalue weighted by Gasteiger charge is 2.02. The van der Waals surface area contributed by atoms with Crippen LogP contribution in [0.5, 0.6) is 0 Å². The van der Waals surface area contributed by atoms with Crippen LogP contribution in [0.1, 0.15) is 5.56 Å². The molecule has 3 heteroatoms. The van der Waals surface area contributed by atoms with Crippen LogP contribution >= 0.6 is 0 Å². The Morgan fingerprint density at radius 2 is 1.62 bits per heavy atom. The number of rotatable bonds is 1. The Morgan fingerprint density at radius 1 is 0.938 bits per heavy atom. The van der Waals surface area contributed by atoms with E-state index in [-0.39, 0.29) is 0 Å². The zero-order valence-electron chi connectivity index (χ0n) is 8.64. The summed E-state index contributed by atoms with van der Waals surface area (Å²) in [6.45, 7) is 0. The molecule has 0 aliphatic heterocycles. The Bertz CT molecular complexity index is 550. The van der Waals surface area contributed by atoms with E-state index in [1.807, 2.05) is 24.3 Å². The van der Waals surface area contributed by atoms with Gasteiger partial charge in [0.1, 0.15) is 0 Å². The van der Waals surface area contributed by atoms with Gasteiger partial charge in [-0.15, -0.1) is 0 Å². The van der Waals surface area contributed by atoms with E-state index >= 15 is 0 Å². The molecule has 0 aromatic heterocycles. The minimum atomic E-state index is 0.637. The van der Waals surface area contributed by atoms with E-state index in [9.17, 15) is 0 Å². The van der Waals surface area contributed by atoms with Gasteiger partial charge in [0, 0.05) is 16.9 Å². The summed E-state index contributed by atoms with van der Waals surface area (Å²) in [4.78, 5) is 0. The number of anilines is 2. The fraction of sp³-hybridized carbons (Fsp3) is 0. The maximum Gasteiger partial charge on any atom is 0.0991 e. The predicted octanol–water partition coefficient (Wildman–Crippen LogP) is 2.39. The van der Waals surface area contributed by atoms with Gasteiger partial charge < -0.3 is 11.5 Å². The highest BCUT2D eigenvalue weighted by molar-refractivity contribution is 5.78. The van der Waals surface area contributed by atoms with Gasteiger partial charge in [0.15, 0.2) is 0 Å². The van der Waals surface area contributed by atoms with E-state index in [0.717, 1.165) is 11.1 Å². The normalized spacial score (nSPS) is 9.69. The lowest BCUT2D eigenvalue weighted by Crippen LogP contribution is -1.93. The second-order valence-corrected chi connectivity index (χ2v) is 3.54. The van der Waals surface area contributed by atoms with Crippen LogP contribution in [0.25, 0.3) is 11.1 Å². The number of nitrogen functional groups attached to an aromatic ring is 2. The largest absolute Gasteiger partial charge is 0.399 e. The van der Waals surface area contributed by atoms with Gasteiger partial charge in [-0.3, -0.25) is 0 Å². The van der Waals surface area contributed by atoms with Gasteiger partial charge in [0.2, 0.25) is 0 Å². The molecule has 0 aliphatic rings. The van der Waals surface area contributed by atoms with Gasteiger partial charge in [0.05, 0.1) is 11.6 Å². The van der Waals surface area contributed by atoms with Crippen LogP contribution in [-0.4, -0.2) is 0 Å². The second kappa shape index (κ2) is 3.95. The maximum absolute atomic E-state index is 8.70. The zero-order chi connectivity index (χ0) is 11.5. The van der Waals surface area contributed by atoms with Crippen molar-refractivity contribution in [2.75, 3.05) is 11.5 Å². The molecule has 2 rings (SSSR count). The molecule has 0 saturated carbocycles. The Kier molecular flexibility index (Phi) is 2.49. The monoisotopic (exact) mass is 209 g/mol. The molecule has 78 valence electrons. The first-order chi connectivity index (χ1) is 7.70. The molecule has 0 heterocycles. The number of nitrogens with two attached hydrogens (primary N) is 2. The summed E-state index contributed by atoms with van der Waals surface area (Å²) >= 11 is 0. The van der Waals surface area contributed by atoms with Crippen LogP contribution in [0, 0.1) is 11.3 Å². The smallest absolute Gasteiger partial charge is 0.0991 e. The molecule has 3 nitrogen and oxygen atoms in total. The van der Waals surface area contributed by atoms with E-state index < -0.39 is 0 Å². The van der Waals surface area contributed by atoms with Gasteiger partial charge in [0.25, 0.3) is 0 Å². The molecule has 0 radical (unpaired) electrons. The van der Waals surface area contributed by atoms with E-state index in [2.05, 4.69) is 6.07 Å². The lowest BCUT2D eigenvalue weighted by atomic mass is 10.0. The molecule has 0 saturated heterocycles. The van der Waals surface area contributed by atoms with Crippen LogP contribution in [0.15, 0.2) is 42.5 Å². The number of nitrogens with zero attached hydrogens (tertiary/aromatic N) is 1. The first kappa shape index (κ1) is 10.1. The van der Waals surface area contributed by atoms with Crippen molar-refractivity contribution in [1.29, 1.82) is 5.26 Å². The molecule has 0 unspecified atom stereocenters. The Labute approximate surface area is 93.9 Å². The molecule has 2 aromatic rings. The minimum absolute atomic E-state index is 0.637. The van der Waals surface area contributed by atoms with Crippen molar-refractivity contribution >= 4 is 11.4 Å². The molecule has 0 spiro atoms. The molecule has 4 N–H and O–H groups in total. The van der Waals surface area contributed by atoms with Crippen LogP contribution in [0.2, 0.25) is 0 Å². The molecule has 0 aliphatic carbocycles. The second-order valence-electron chi connectivity index (χ2n) is 3.54. The summed E-state index contributed by atoms with van der Waals surface area (Å²) in [6, 6.07) is 14.8. The van der Waals surface area contributed by atoms with Crippen LogP contribution in [0.4, 0.5) is 11.4 Å². The quantitative estimate of drug-likeness (QED) is 0.708. The summed E-state index contributed by atoms with van der Waals surface area (Å²) in [5.41, 5.74) is 15.3. The molecule has 16 heavy (non-hydrogen) atoms. The van der Waals surface area contributed by atoms with Crippen LogP contribution in [-0.2, 0) is 0 Å². The summed E-state index contributed by atoms with van der Waals surface area (Å²) < 4.78 is 0. The third-order valence-electron chi connectivity index (χ3n) is 2.40. The van der Waals surface area contributed by atoms with Crippen molar-refractivity contribution in [3.63, 3.8) is 0 Å². The predicted molar refractivity (Wildman–Crippen MR) is 65.4 cm³/mol. The van der Waals surface area contributed by atoms with Crippen molar-refractivity contribution in [2.45, 2.75) is 0 Å². The number of hydrogen-bond donors (Lipinski definition) is 2. The third-order valence-corrected chi connectivity index (χ3v) is 2.40. The molecule has 0 amide bonds. The van der Waals surface area contributed by atoms with E-state index in [0.29, 0.717) is 16.9 Å². The average Bonchev–Trinajstić information content (AvgIpc) is 2.29. The number of hydrogen-bond acceptors (Lipinski definition) is 3. The molecular formula is C13H11N3. The van der Waals surface area contributed by atoms with E-state index in [4.69, 9.17) is 16.7 Å². The average molecular weight is 209 g/mol. The molecular weight excluding hydrogens is 198 g/mol. The Hall–Kier alpha value is -2.47. The Morgan fingerprint density at radius 3 is 2.19 bits per heavy atom. The molecule has 2 aromatic carbocycles. The van der Waals surface area contributed by atoms with Gasteiger partial charge in [-0.1, -0.05) is 18.2 Å². The first-order valence-corrected chi connectivity index (χ1v) is 4.86. The highest BCUT2D eigenvalue weighted by atomic mass is 14.6. The fourth-order valence-electron chi connectivity index (χ4n) is 1.57. The van der Waals surface area contributed by atoms with Crippen LogP contribution < -0.4 is 11.5 Å². The number of benzene rings is 2.